The molecule has 0 unspecified atom stereocenters. The third-order valence-electron chi connectivity index (χ3n) is 3.20. The second-order valence-electron chi connectivity index (χ2n) is 4.72. The first-order valence-corrected chi connectivity index (χ1v) is 6.31. The molecule has 5 nitrogen and oxygen atoms in total. The van der Waals surface area contributed by atoms with Crippen molar-refractivity contribution in [3.05, 3.63) is 59.2 Å². The number of phenols is 1. The number of hydrogen-bond donors (Lipinski definition) is 2. The number of benzene rings is 2. The van der Waals surface area contributed by atoms with E-state index in [4.69, 9.17) is 5.11 Å². The van der Waals surface area contributed by atoms with Gasteiger partial charge >= 0.3 is 5.97 Å². The first-order valence-electron chi connectivity index (χ1n) is 6.31. The zero-order chi connectivity index (χ0) is 15.6. The number of aryl methyl sites for hydroxylation is 1. The summed E-state index contributed by atoms with van der Waals surface area (Å²) in [7, 11) is 1.61. The molecule has 0 fully saturated rings. The van der Waals surface area contributed by atoms with Crippen LogP contribution < -0.4 is 4.90 Å². The van der Waals surface area contributed by atoms with Crippen molar-refractivity contribution in [2.75, 3.05) is 11.9 Å². The van der Waals surface area contributed by atoms with Crippen molar-refractivity contribution in [2.45, 2.75) is 6.92 Å². The highest BCUT2D eigenvalue weighted by molar-refractivity contribution is 6.07. The van der Waals surface area contributed by atoms with Crippen LogP contribution in [0.1, 0.15) is 26.3 Å². The summed E-state index contributed by atoms with van der Waals surface area (Å²) in [5, 5.41) is 18.4. The molecule has 108 valence electrons. The Morgan fingerprint density at radius 2 is 1.71 bits per heavy atom. The molecule has 0 aromatic heterocycles. The van der Waals surface area contributed by atoms with Crippen molar-refractivity contribution in [1.29, 1.82) is 0 Å². The lowest BCUT2D eigenvalue weighted by Gasteiger charge is -2.20. The first kappa shape index (κ1) is 14.6. The third-order valence-corrected chi connectivity index (χ3v) is 3.20. The van der Waals surface area contributed by atoms with Crippen LogP contribution in [-0.2, 0) is 0 Å². The van der Waals surface area contributed by atoms with Crippen LogP contribution in [-0.4, -0.2) is 29.1 Å². The summed E-state index contributed by atoms with van der Waals surface area (Å²) in [6.07, 6.45) is 0. The van der Waals surface area contributed by atoms with Crippen molar-refractivity contribution in [3.8, 4) is 5.75 Å². The average Bonchev–Trinajstić information content (AvgIpc) is 2.46. The molecule has 0 heterocycles. The highest BCUT2D eigenvalue weighted by Crippen LogP contribution is 2.24. The second kappa shape index (κ2) is 5.66. The predicted octanol–water partition coefficient (Wildman–Crippen LogP) is 2.68. The average molecular weight is 285 g/mol. The molecule has 0 saturated carbocycles. The lowest BCUT2D eigenvalue weighted by atomic mass is 10.1. The van der Waals surface area contributed by atoms with Crippen LogP contribution in [0.5, 0.6) is 5.75 Å². The maximum Gasteiger partial charge on any atom is 0.335 e. The lowest BCUT2D eigenvalue weighted by Crippen LogP contribution is -2.27. The fourth-order valence-corrected chi connectivity index (χ4v) is 2.10. The van der Waals surface area contributed by atoms with E-state index in [1.54, 1.807) is 32.2 Å². The topological polar surface area (TPSA) is 77.8 Å². The Labute approximate surface area is 122 Å². The van der Waals surface area contributed by atoms with Gasteiger partial charge in [0.2, 0.25) is 0 Å². The summed E-state index contributed by atoms with van der Waals surface area (Å²) in [4.78, 5) is 24.8. The van der Waals surface area contributed by atoms with Gasteiger partial charge < -0.3 is 15.1 Å². The minimum absolute atomic E-state index is 0.0664. The van der Waals surface area contributed by atoms with Gasteiger partial charge in [-0.25, -0.2) is 4.79 Å². The highest BCUT2D eigenvalue weighted by Gasteiger charge is 2.16. The van der Waals surface area contributed by atoms with Gasteiger partial charge in [0.05, 0.1) is 5.56 Å². The van der Waals surface area contributed by atoms with E-state index in [1.807, 2.05) is 0 Å². The van der Waals surface area contributed by atoms with Crippen LogP contribution in [0.15, 0.2) is 42.5 Å². The summed E-state index contributed by atoms with van der Waals surface area (Å²) >= 11 is 0. The number of anilines is 1. The third kappa shape index (κ3) is 3.02. The number of nitrogens with zero attached hydrogens (tertiary/aromatic N) is 1. The van der Waals surface area contributed by atoms with E-state index in [2.05, 4.69) is 0 Å². The standard InChI is InChI=1S/C16H15NO4/c1-10-8-13(18)6-7-14(10)17(2)15(19)11-4-3-5-12(9-11)16(20)21/h3-9,18H,1-2H3,(H,20,21). The Morgan fingerprint density at radius 3 is 2.33 bits per heavy atom. The number of carbonyl (C=O) groups excluding carboxylic acids is 1. The number of aromatic hydroxyl groups is 1. The molecular formula is C16H15NO4. The molecule has 1 amide bonds. The fourth-order valence-electron chi connectivity index (χ4n) is 2.10. The van der Waals surface area contributed by atoms with Gasteiger partial charge in [-0.3, -0.25) is 4.79 Å². The number of carboxylic acid groups (broad SMARTS) is 1. The minimum Gasteiger partial charge on any atom is -0.508 e. The molecule has 0 aliphatic rings. The normalized spacial score (nSPS) is 10.2. The van der Waals surface area contributed by atoms with Gasteiger partial charge in [-0.2, -0.15) is 0 Å². The summed E-state index contributed by atoms with van der Waals surface area (Å²) in [6.45, 7) is 1.78. The number of rotatable bonds is 3. The first-order chi connectivity index (χ1) is 9.90. The monoisotopic (exact) mass is 285 g/mol. The highest BCUT2D eigenvalue weighted by atomic mass is 16.4. The second-order valence-corrected chi connectivity index (χ2v) is 4.72. The van der Waals surface area contributed by atoms with E-state index < -0.39 is 5.97 Å². The van der Waals surface area contributed by atoms with Gasteiger partial charge in [0.25, 0.3) is 5.91 Å². The Kier molecular flexibility index (Phi) is 3.93. The van der Waals surface area contributed by atoms with Crippen molar-refractivity contribution < 1.29 is 19.8 Å². The molecule has 0 radical (unpaired) electrons. The molecule has 0 atom stereocenters. The lowest BCUT2D eigenvalue weighted by molar-refractivity contribution is 0.0697. The number of amides is 1. The Bertz CT molecular complexity index is 709. The Hall–Kier alpha value is -2.82. The maximum atomic E-state index is 12.4. The van der Waals surface area contributed by atoms with Crippen LogP contribution in [0.25, 0.3) is 0 Å². The van der Waals surface area contributed by atoms with Gasteiger partial charge in [0.15, 0.2) is 0 Å². The van der Waals surface area contributed by atoms with Crippen LogP contribution >= 0.6 is 0 Å². The molecule has 2 aromatic carbocycles. The number of aromatic carboxylic acids is 1. The van der Waals surface area contributed by atoms with Crippen molar-refractivity contribution >= 4 is 17.6 Å². The zero-order valence-electron chi connectivity index (χ0n) is 11.7. The molecule has 2 aromatic rings. The quantitative estimate of drug-likeness (QED) is 0.908. The molecule has 0 spiro atoms. The van der Waals surface area contributed by atoms with Crippen LogP contribution in [0, 0.1) is 6.92 Å². The van der Waals surface area contributed by atoms with Crippen LogP contribution in [0.2, 0.25) is 0 Å². The largest absolute Gasteiger partial charge is 0.508 e. The van der Waals surface area contributed by atoms with E-state index in [-0.39, 0.29) is 17.2 Å². The maximum absolute atomic E-state index is 12.4. The van der Waals surface area contributed by atoms with Crippen LogP contribution in [0.3, 0.4) is 0 Å². The molecule has 5 heteroatoms. The Balaban J connectivity index is 2.35. The SMILES string of the molecule is Cc1cc(O)ccc1N(C)C(=O)c1cccc(C(=O)O)c1. The van der Waals surface area contributed by atoms with Gasteiger partial charge in [0, 0.05) is 18.3 Å². The summed E-state index contributed by atoms with van der Waals surface area (Å²) in [5.41, 5.74) is 1.76. The van der Waals surface area contributed by atoms with E-state index >= 15 is 0 Å². The van der Waals surface area contributed by atoms with E-state index in [1.165, 1.54) is 29.2 Å². The van der Waals surface area contributed by atoms with Gasteiger partial charge in [-0.15, -0.1) is 0 Å². The molecule has 0 aliphatic carbocycles. The van der Waals surface area contributed by atoms with E-state index in [0.717, 1.165) is 5.56 Å². The molecule has 0 saturated heterocycles. The fraction of sp³-hybridized carbons (Fsp3) is 0.125. The van der Waals surface area contributed by atoms with Crippen molar-refractivity contribution in [3.63, 3.8) is 0 Å². The molecule has 2 rings (SSSR count). The number of phenolic OH excluding ortho intramolecular Hbond substituents is 1. The van der Waals surface area contributed by atoms with Gasteiger partial charge in [0.1, 0.15) is 5.75 Å². The zero-order valence-corrected chi connectivity index (χ0v) is 11.7. The van der Waals surface area contributed by atoms with Gasteiger partial charge in [-0.05, 0) is 48.9 Å². The summed E-state index contributed by atoms with van der Waals surface area (Å²) < 4.78 is 0. The summed E-state index contributed by atoms with van der Waals surface area (Å²) in [6, 6.07) is 10.6. The van der Waals surface area contributed by atoms with Gasteiger partial charge in [-0.1, -0.05) is 6.07 Å². The Morgan fingerprint density at radius 1 is 1.05 bits per heavy atom. The smallest absolute Gasteiger partial charge is 0.335 e. The predicted molar refractivity (Wildman–Crippen MR) is 79.0 cm³/mol. The molecular weight excluding hydrogens is 270 g/mol. The van der Waals surface area contributed by atoms with E-state index in [9.17, 15) is 14.7 Å². The van der Waals surface area contributed by atoms with Crippen molar-refractivity contribution in [1.82, 2.24) is 0 Å². The van der Waals surface area contributed by atoms with Crippen molar-refractivity contribution in [2.24, 2.45) is 0 Å². The summed E-state index contributed by atoms with van der Waals surface area (Å²) in [5.74, 6) is -1.26. The van der Waals surface area contributed by atoms with Crippen LogP contribution in [0.4, 0.5) is 5.69 Å². The van der Waals surface area contributed by atoms with E-state index in [0.29, 0.717) is 11.3 Å². The molecule has 2 N–H and O–H groups in total. The number of carboxylic acids is 1. The minimum atomic E-state index is -1.08. The molecule has 21 heavy (non-hydrogen) atoms. The number of carbonyl (C=O) groups is 2. The molecule has 0 aliphatic heterocycles. The molecule has 0 bridgehead atoms. The number of hydrogen-bond acceptors (Lipinski definition) is 3.